The largest absolute Gasteiger partial charge is 0.495 e. The maximum absolute atomic E-state index is 12.0. The molecule has 0 saturated heterocycles. The van der Waals surface area contributed by atoms with E-state index in [0.717, 1.165) is 6.42 Å². The molecule has 1 aromatic heterocycles. The van der Waals surface area contributed by atoms with Crippen LogP contribution in [-0.4, -0.2) is 17.9 Å². The first-order valence-corrected chi connectivity index (χ1v) is 5.86. The van der Waals surface area contributed by atoms with Crippen LogP contribution in [0.4, 0.5) is 0 Å². The predicted octanol–water partition coefficient (Wildman–Crippen LogP) is 2.91. The van der Waals surface area contributed by atoms with E-state index in [-0.39, 0.29) is 5.78 Å². The smallest absolute Gasteiger partial charge is 0.164 e. The molecule has 0 N–H and O–H groups in total. The molecule has 2 aromatic rings. The molecule has 1 heterocycles. The van der Waals surface area contributed by atoms with Gasteiger partial charge >= 0.3 is 0 Å². The summed E-state index contributed by atoms with van der Waals surface area (Å²) in [6, 6.07) is 11.7. The molecule has 0 bridgehead atoms. The highest BCUT2D eigenvalue weighted by Gasteiger charge is 2.07. The Kier molecular flexibility index (Phi) is 4.07. The lowest BCUT2D eigenvalue weighted by Crippen LogP contribution is -2.02. The number of rotatable bonds is 5. The molecular weight excluding hydrogens is 226 g/mol. The van der Waals surface area contributed by atoms with Crippen LogP contribution in [0.2, 0.25) is 0 Å². The number of aromatic nitrogens is 1. The van der Waals surface area contributed by atoms with Crippen LogP contribution in [0, 0.1) is 0 Å². The number of aryl methyl sites for hydroxylation is 1. The molecule has 0 aliphatic rings. The van der Waals surface area contributed by atoms with Gasteiger partial charge in [-0.2, -0.15) is 0 Å². The maximum atomic E-state index is 12.0. The van der Waals surface area contributed by atoms with E-state index in [1.807, 2.05) is 30.3 Å². The van der Waals surface area contributed by atoms with E-state index in [1.165, 1.54) is 5.56 Å². The molecular formula is C15H15NO2. The van der Waals surface area contributed by atoms with Gasteiger partial charge in [-0.05, 0) is 18.1 Å². The third kappa shape index (κ3) is 3.17. The number of nitrogens with zero attached hydrogens (tertiary/aromatic N) is 1. The Labute approximate surface area is 106 Å². The maximum Gasteiger partial charge on any atom is 0.164 e. The molecule has 18 heavy (non-hydrogen) atoms. The number of ether oxygens (including phenoxy) is 1. The third-order valence-electron chi connectivity index (χ3n) is 2.75. The Bertz CT molecular complexity index is 523. The van der Waals surface area contributed by atoms with Crippen LogP contribution in [0.1, 0.15) is 22.3 Å². The van der Waals surface area contributed by atoms with Crippen LogP contribution in [0.5, 0.6) is 5.75 Å². The Hall–Kier alpha value is -2.16. The molecule has 0 aliphatic heterocycles. The van der Waals surface area contributed by atoms with E-state index in [1.54, 1.807) is 25.6 Å². The molecule has 0 amide bonds. The number of Topliss-reactive ketones (excluding diaryl/α,β-unsaturated/α-hetero) is 1. The van der Waals surface area contributed by atoms with Crippen LogP contribution in [0.3, 0.4) is 0 Å². The van der Waals surface area contributed by atoms with Gasteiger partial charge in [0, 0.05) is 18.2 Å². The van der Waals surface area contributed by atoms with Gasteiger partial charge in [0.2, 0.25) is 0 Å². The molecule has 0 saturated carbocycles. The summed E-state index contributed by atoms with van der Waals surface area (Å²) >= 11 is 0. The summed E-state index contributed by atoms with van der Waals surface area (Å²) in [4.78, 5) is 16.0. The van der Waals surface area contributed by atoms with E-state index in [9.17, 15) is 4.79 Å². The average Bonchev–Trinajstić information content (AvgIpc) is 2.46. The van der Waals surface area contributed by atoms with Crippen molar-refractivity contribution in [2.75, 3.05) is 7.11 Å². The fourth-order valence-corrected chi connectivity index (χ4v) is 1.73. The summed E-state index contributed by atoms with van der Waals surface area (Å²) in [6.07, 6.45) is 4.40. The van der Waals surface area contributed by atoms with Crippen molar-refractivity contribution in [1.82, 2.24) is 4.98 Å². The summed E-state index contributed by atoms with van der Waals surface area (Å²) in [5.74, 6) is 0.700. The molecule has 0 fully saturated rings. The fraction of sp³-hybridized carbons (Fsp3) is 0.200. The molecule has 0 radical (unpaired) electrons. The minimum Gasteiger partial charge on any atom is -0.495 e. The molecule has 0 aliphatic carbocycles. The lowest BCUT2D eigenvalue weighted by Gasteiger charge is -2.03. The highest BCUT2D eigenvalue weighted by Crippen LogP contribution is 2.13. The molecule has 1 aromatic carbocycles. The lowest BCUT2D eigenvalue weighted by molar-refractivity contribution is 0.0982. The van der Waals surface area contributed by atoms with Gasteiger partial charge in [-0.1, -0.05) is 30.3 Å². The minimum absolute atomic E-state index is 0.0882. The second-order valence-corrected chi connectivity index (χ2v) is 4.02. The van der Waals surface area contributed by atoms with Gasteiger partial charge in [-0.15, -0.1) is 0 Å². The quantitative estimate of drug-likeness (QED) is 0.755. The number of ketones is 1. The summed E-state index contributed by atoms with van der Waals surface area (Å²) in [5.41, 5.74) is 1.77. The van der Waals surface area contributed by atoms with Gasteiger partial charge in [0.1, 0.15) is 5.75 Å². The van der Waals surface area contributed by atoms with Crippen molar-refractivity contribution in [3.05, 3.63) is 59.9 Å². The molecule has 92 valence electrons. The van der Waals surface area contributed by atoms with Gasteiger partial charge in [-0.3, -0.25) is 9.78 Å². The van der Waals surface area contributed by atoms with Crippen LogP contribution in [0.15, 0.2) is 48.8 Å². The number of benzene rings is 1. The van der Waals surface area contributed by atoms with Gasteiger partial charge in [0.05, 0.1) is 13.3 Å². The van der Waals surface area contributed by atoms with Gasteiger partial charge in [0.25, 0.3) is 0 Å². The standard InChI is InChI=1S/C15H15NO2/c1-18-14-9-13(10-16-11-14)15(17)8-7-12-5-3-2-4-6-12/h2-6,9-11H,7-8H2,1H3. The highest BCUT2D eigenvalue weighted by molar-refractivity contribution is 5.96. The van der Waals surface area contributed by atoms with E-state index < -0.39 is 0 Å². The summed E-state index contributed by atoms with van der Waals surface area (Å²) < 4.78 is 5.05. The van der Waals surface area contributed by atoms with Crippen molar-refractivity contribution < 1.29 is 9.53 Å². The second kappa shape index (κ2) is 5.96. The Morgan fingerprint density at radius 3 is 2.72 bits per heavy atom. The van der Waals surface area contributed by atoms with Crippen molar-refractivity contribution >= 4 is 5.78 Å². The minimum atomic E-state index is 0.0882. The number of carbonyl (C=O) groups excluding carboxylic acids is 1. The van der Waals surface area contributed by atoms with E-state index in [2.05, 4.69) is 4.98 Å². The van der Waals surface area contributed by atoms with Crippen molar-refractivity contribution in [3.63, 3.8) is 0 Å². The van der Waals surface area contributed by atoms with E-state index >= 15 is 0 Å². The molecule has 3 nitrogen and oxygen atoms in total. The predicted molar refractivity (Wildman–Crippen MR) is 69.9 cm³/mol. The van der Waals surface area contributed by atoms with Gasteiger partial charge < -0.3 is 4.74 Å². The van der Waals surface area contributed by atoms with Crippen LogP contribution in [0.25, 0.3) is 0 Å². The number of hydrogen-bond donors (Lipinski definition) is 0. The number of carbonyl (C=O) groups is 1. The zero-order chi connectivity index (χ0) is 12.8. The van der Waals surface area contributed by atoms with Crippen LogP contribution < -0.4 is 4.74 Å². The van der Waals surface area contributed by atoms with E-state index in [4.69, 9.17) is 4.74 Å². The van der Waals surface area contributed by atoms with Crippen LogP contribution >= 0.6 is 0 Å². The molecule has 2 rings (SSSR count). The first-order valence-electron chi connectivity index (χ1n) is 5.86. The second-order valence-electron chi connectivity index (χ2n) is 4.02. The van der Waals surface area contributed by atoms with Crippen molar-refractivity contribution in [1.29, 1.82) is 0 Å². The Morgan fingerprint density at radius 2 is 2.00 bits per heavy atom. The molecule has 0 atom stereocenters. The first kappa shape index (κ1) is 12.3. The summed E-state index contributed by atoms with van der Waals surface area (Å²) in [5, 5.41) is 0. The molecule has 0 spiro atoms. The highest BCUT2D eigenvalue weighted by atomic mass is 16.5. The SMILES string of the molecule is COc1cncc(C(=O)CCc2ccccc2)c1. The van der Waals surface area contributed by atoms with Gasteiger partial charge in [0.15, 0.2) is 5.78 Å². The zero-order valence-corrected chi connectivity index (χ0v) is 10.3. The Balaban J connectivity index is 1.99. The first-order chi connectivity index (χ1) is 8.79. The zero-order valence-electron chi connectivity index (χ0n) is 10.3. The Morgan fingerprint density at radius 1 is 1.22 bits per heavy atom. The topological polar surface area (TPSA) is 39.2 Å². The summed E-state index contributed by atoms with van der Waals surface area (Å²) in [7, 11) is 1.56. The lowest BCUT2D eigenvalue weighted by atomic mass is 10.0. The fourth-order valence-electron chi connectivity index (χ4n) is 1.73. The van der Waals surface area contributed by atoms with Crippen molar-refractivity contribution in [3.8, 4) is 5.75 Å². The monoisotopic (exact) mass is 241 g/mol. The van der Waals surface area contributed by atoms with Crippen molar-refractivity contribution in [2.24, 2.45) is 0 Å². The van der Waals surface area contributed by atoms with Gasteiger partial charge in [-0.25, -0.2) is 0 Å². The van der Waals surface area contributed by atoms with Crippen molar-refractivity contribution in [2.45, 2.75) is 12.8 Å². The third-order valence-corrected chi connectivity index (χ3v) is 2.75. The number of pyridine rings is 1. The van der Waals surface area contributed by atoms with E-state index in [0.29, 0.717) is 17.7 Å². The number of methoxy groups -OCH3 is 1. The molecule has 3 heteroatoms. The molecule has 0 unspecified atom stereocenters. The van der Waals surface area contributed by atoms with Crippen LogP contribution in [-0.2, 0) is 6.42 Å². The number of hydrogen-bond acceptors (Lipinski definition) is 3. The average molecular weight is 241 g/mol. The summed E-state index contributed by atoms with van der Waals surface area (Å²) in [6.45, 7) is 0. The normalized spacial score (nSPS) is 10.1.